The highest BCUT2D eigenvalue weighted by molar-refractivity contribution is 7.10. The van der Waals surface area contributed by atoms with Crippen LogP contribution in [0.15, 0.2) is 53.9 Å². The van der Waals surface area contributed by atoms with Crippen LogP contribution in [0.5, 0.6) is 0 Å². The van der Waals surface area contributed by atoms with E-state index >= 15 is 0 Å². The fourth-order valence-electron chi connectivity index (χ4n) is 2.18. The lowest BCUT2D eigenvalue weighted by Crippen LogP contribution is -2.10. The van der Waals surface area contributed by atoms with Crippen LogP contribution in [0.3, 0.4) is 0 Å². The largest absolute Gasteiger partial charge is 0.320 e. The number of hydrogen-bond donors (Lipinski definition) is 1. The van der Waals surface area contributed by atoms with Gasteiger partial charge < -0.3 is 5.73 Å². The van der Waals surface area contributed by atoms with Crippen LogP contribution in [-0.4, -0.2) is 0 Å². The first-order valence-electron chi connectivity index (χ1n) is 5.73. The summed E-state index contributed by atoms with van der Waals surface area (Å²) >= 11 is 7.90. The van der Waals surface area contributed by atoms with Crippen molar-refractivity contribution in [2.45, 2.75) is 6.04 Å². The van der Waals surface area contributed by atoms with Gasteiger partial charge in [-0.3, -0.25) is 0 Å². The van der Waals surface area contributed by atoms with Crippen LogP contribution < -0.4 is 5.73 Å². The highest BCUT2D eigenvalue weighted by Crippen LogP contribution is 2.32. The molecular formula is C15H12ClNS. The van der Waals surface area contributed by atoms with Gasteiger partial charge in [0.2, 0.25) is 0 Å². The van der Waals surface area contributed by atoms with Crippen molar-refractivity contribution in [1.82, 2.24) is 0 Å². The van der Waals surface area contributed by atoms with E-state index in [9.17, 15) is 0 Å². The SMILES string of the molecule is NC(c1cccs1)c1ccc(Cl)c2ccccc12. The summed E-state index contributed by atoms with van der Waals surface area (Å²) in [7, 11) is 0. The highest BCUT2D eigenvalue weighted by atomic mass is 35.5. The minimum atomic E-state index is -0.0906. The Balaban J connectivity index is 2.21. The van der Waals surface area contributed by atoms with Gasteiger partial charge in [-0.25, -0.2) is 0 Å². The molecule has 0 bridgehead atoms. The Kier molecular flexibility index (Phi) is 3.08. The van der Waals surface area contributed by atoms with Crippen molar-refractivity contribution in [2.24, 2.45) is 5.73 Å². The van der Waals surface area contributed by atoms with Gasteiger partial charge in [0.1, 0.15) is 0 Å². The second-order valence-corrected chi connectivity index (χ2v) is 5.56. The van der Waals surface area contributed by atoms with E-state index in [2.05, 4.69) is 12.1 Å². The summed E-state index contributed by atoms with van der Waals surface area (Å²) in [5.41, 5.74) is 7.47. The van der Waals surface area contributed by atoms with E-state index in [1.165, 1.54) is 4.88 Å². The monoisotopic (exact) mass is 273 g/mol. The topological polar surface area (TPSA) is 26.0 Å². The lowest BCUT2D eigenvalue weighted by atomic mass is 9.98. The van der Waals surface area contributed by atoms with Crippen LogP contribution in [0.4, 0.5) is 0 Å². The summed E-state index contributed by atoms with van der Waals surface area (Å²) in [4.78, 5) is 1.17. The van der Waals surface area contributed by atoms with Crippen LogP contribution in [0.1, 0.15) is 16.5 Å². The lowest BCUT2D eigenvalue weighted by molar-refractivity contribution is 0.903. The average molecular weight is 274 g/mol. The Labute approximate surface area is 115 Å². The standard InChI is InChI=1S/C15H12ClNS/c16-13-8-7-12(10-4-1-2-5-11(10)13)15(17)14-6-3-9-18-14/h1-9,15H,17H2. The number of nitrogens with two attached hydrogens (primary N) is 1. The second kappa shape index (κ2) is 4.73. The van der Waals surface area contributed by atoms with Crippen LogP contribution in [-0.2, 0) is 0 Å². The third kappa shape index (κ3) is 1.93. The van der Waals surface area contributed by atoms with Gasteiger partial charge in [-0.15, -0.1) is 11.3 Å². The van der Waals surface area contributed by atoms with E-state index in [1.54, 1.807) is 11.3 Å². The van der Waals surface area contributed by atoms with Crippen molar-refractivity contribution >= 4 is 33.7 Å². The van der Waals surface area contributed by atoms with Crippen LogP contribution in [0, 0.1) is 0 Å². The fraction of sp³-hybridized carbons (Fsp3) is 0.0667. The van der Waals surface area contributed by atoms with Gasteiger partial charge in [-0.1, -0.05) is 48.0 Å². The third-order valence-electron chi connectivity index (χ3n) is 3.09. The molecule has 18 heavy (non-hydrogen) atoms. The van der Waals surface area contributed by atoms with Gasteiger partial charge >= 0.3 is 0 Å². The van der Waals surface area contributed by atoms with Gasteiger partial charge in [0.15, 0.2) is 0 Å². The minimum absolute atomic E-state index is 0.0906. The smallest absolute Gasteiger partial charge is 0.0652 e. The zero-order valence-electron chi connectivity index (χ0n) is 9.64. The average Bonchev–Trinajstić information content (AvgIpc) is 2.93. The predicted octanol–water partition coefficient (Wildman–Crippen LogP) is 4.60. The van der Waals surface area contributed by atoms with E-state index in [4.69, 9.17) is 17.3 Å². The third-order valence-corrected chi connectivity index (χ3v) is 4.37. The molecule has 0 aliphatic carbocycles. The van der Waals surface area contributed by atoms with Crippen molar-refractivity contribution in [3.05, 3.63) is 69.4 Å². The number of halogens is 1. The van der Waals surface area contributed by atoms with Gasteiger partial charge in [0.25, 0.3) is 0 Å². The Morgan fingerprint density at radius 2 is 1.72 bits per heavy atom. The molecule has 0 saturated carbocycles. The van der Waals surface area contributed by atoms with E-state index in [1.807, 2.05) is 41.8 Å². The first kappa shape index (κ1) is 11.7. The molecule has 2 N–H and O–H groups in total. The molecule has 0 fully saturated rings. The molecule has 90 valence electrons. The summed E-state index contributed by atoms with van der Waals surface area (Å²) < 4.78 is 0. The molecule has 0 aliphatic heterocycles. The molecular weight excluding hydrogens is 262 g/mol. The molecule has 0 saturated heterocycles. The molecule has 0 amide bonds. The van der Waals surface area contributed by atoms with Crippen LogP contribution >= 0.6 is 22.9 Å². The maximum atomic E-state index is 6.34. The molecule has 1 nitrogen and oxygen atoms in total. The highest BCUT2D eigenvalue weighted by Gasteiger charge is 2.13. The van der Waals surface area contributed by atoms with E-state index in [0.29, 0.717) is 0 Å². The van der Waals surface area contributed by atoms with E-state index < -0.39 is 0 Å². The number of benzene rings is 2. The van der Waals surface area contributed by atoms with Crippen molar-refractivity contribution in [1.29, 1.82) is 0 Å². The number of hydrogen-bond acceptors (Lipinski definition) is 2. The summed E-state index contributed by atoms with van der Waals surface area (Å²) in [6, 6.07) is 16.1. The van der Waals surface area contributed by atoms with Crippen molar-refractivity contribution < 1.29 is 0 Å². The molecule has 1 aromatic heterocycles. The van der Waals surface area contributed by atoms with Gasteiger partial charge in [-0.2, -0.15) is 0 Å². The Morgan fingerprint density at radius 3 is 2.44 bits per heavy atom. The molecule has 0 aliphatic rings. The first-order valence-corrected chi connectivity index (χ1v) is 6.99. The predicted molar refractivity (Wildman–Crippen MR) is 79.3 cm³/mol. The van der Waals surface area contributed by atoms with E-state index in [0.717, 1.165) is 21.4 Å². The molecule has 1 unspecified atom stereocenters. The Bertz CT molecular complexity index is 676. The molecule has 1 heterocycles. The minimum Gasteiger partial charge on any atom is -0.320 e. The Morgan fingerprint density at radius 1 is 0.944 bits per heavy atom. The van der Waals surface area contributed by atoms with Crippen molar-refractivity contribution in [3.63, 3.8) is 0 Å². The maximum Gasteiger partial charge on any atom is 0.0652 e. The first-order chi connectivity index (χ1) is 8.77. The molecule has 3 aromatic rings. The summed E-state index contributed by atoms with van der Waals surface area (Å²) in [6.45, 7) is 0. The maximum absolute atomic E-state index is 6.34. The summed E-state index contributed by atoms with van der Waals surface area (Å²) in [5, 5.41) is 5.01. The quantitative estimate of drug-likeness (QED) is 0.725. The normalized spacial score (nSPS) is 12.8. The summed E-state index contributed by atoms with van der Waals surface area (Å²) in [6.07, 6.45) is 0. The number of rotatable bonds is 2. The van der Waals surface area contributed by atoms with Crippen molar-refractivity contribution in [2.75, 3.05) is 0 Å². The van der Waals surface area contributed by atoms with Crippen LogP contribution in [0.2, 0.25) is 5.02 Å². The number of thiophene rings is 1. The molecule has 0 radical (unpaired) electrons. The van der Waals surface area contributed by atoms with Gasteiger partial charge in [0, 0.05) is 15.3 Å². The molecule has 3 rings (SSSR count). The Hall–Kier alpha value is -1.35. The molecule has 2 aromatic carbocycles. The second-order valence-electron chi connectivity index (χ2n) is 4.18. The van der Waals surface area contributed by atoms with Crippen molar-refractivity contribution in [3.8, 4) is 0 Å². The lowest BCUT2D eigenvalue weighted by Gasteiger charge is -2.14. The molecule has 3 heteroatoms. The molecule has 0 spiro atoms. The number of fused-ring (bicyclic) bond motifs is 1. The van der Waals surface area contributed by atoms with Gasteiger partial charge in [0.05, 0.1) is 6.04 Å². The van der Waals surface area contributed by atoms with E-state index in [-0.39, 0.29) is 6.04 Å². The summed E-state index contributed by atoms with van der Waals surface area (Å²) in [5.74, 6) is 0. The zero-order chi connectivity index (χ0) is 12.5. The zero-order valence-corrected chi connectivity index (χ0v) is 11.2. The molecule has 1 atom stereocenters. The van der Waals surface area contributed by atoms with Crippen LogP contribution in [0.25, 0.3) is 10.8 Å². The van der Waals surface area contributed by atoms with Gasteiger partial charge in [-0.05, 0) is 28.5 Å². The fourth-order valence-corrected chi connectivity index (χ4v) is 3.15.